The van der Waals surface area contributed by atoms with Gasteiger partial charge in [-0.3, -0.25) is 5.32 Å². The molecule has 2 aliphatic carbocycles. The van der Waals surface area contributed by atoms with Crippen molar-refractivity contribution in [3.05, 3.63) is 41.7 Å². The number of nitrogens with one attached hydrogen (secondary N) is 2. The average Bonchev–Trinajstić information content (AvgIpc) is 3.21. The Morgan fingerprint density at radius 2 is 2.00 bits per heavy atom. The lowest BCUT2D eigenvalue weighted by atomic mass is 9.96. The lowest BCUT2D eigenvalue weighted by Gasteiger charge is -2.21. The number of aliphatic hydroxyl groups excluding tert-OH is 1. The van der Waals surface area contributed by atoms with Crippen LogP contribution in [0.4, 0.5) is 10.7 Å². The molecule has 0 unspecified atom stereocenters. The van der Waals surface area contributed by atoms with Gasteiger partial charge in [0.1, 0.15) is 6.33 Å². The maximum Gasteiger partial charge on any atom is 0.322 e. The number of rotatable bonds is 3. The summed E-state index contributed by atoms with van der Waals surface area (Å²) in [4.78, 5) is 16.5. The van der Waals surface area contributed by atoms with Gasteiger partial charge in [0, 0.05) is 6.42 Å². The van der Waals surface area contributed by atoms with Crippen LogP contribution in [0.5, 0.6) is 0 Å². The third-order valence-corrected chi connectivity index (χ3v) is 5.17. The minimum atomic E-state index is -0.615. The first kappa shape index (κ1) is 16.1. The van der Waals surface area contributed by atoms with Gasteiger partial charge in [-0.05, 0) is 24.0 Å². The number of hydrogen-bond donors (Lipinski definition) is 3. The molecule has 0 radical (unpaired) electrons. The number of aromatic nitrogens is 3. The van der Waals surface area contributed by atoms with Crippen LogP contribution in [0.2, 0.25) is 0 Å². The van der Waals surface area contributed by atoms with Gasteiger partial charge in [0.25, 0.3) is 0 Å². The number of carbonyl (C=O) groups is 1. The highest BCUT2D eigenvalue weighted by Gasteiger charge is 2.32. The number of hydrogen-bond acceptors (Lipinski definition) is 4. The van der Waals surface area contributed by atoms with Crippen LogP contribution in [-0.4, -0.2) is 32.0 Å². The number of amides is 2. The minimum Gasteiger partial charge on any atom is -0.390 e. The molecular weight excluding hydrogens is 318 g/mol. The molecule has 1 saturated carbocycles. The summed E-state index contributed by atoms with van der Waals surface area (Å²) in [5, 5.41) is 20.1. The predicted molar refractivity (Wildman–Crippen MR) is 93.2 cm³/mol. The molecule has 0 spiro atoms. The summed E-state index contributed by atoms with van der Waals surface area (Å²) in [6, 6.07) is 7.34. The van der Waals surface area contributed by atoms with E-state index >= 15 is 0 Å². The Balaban J connectivity index is 1.39. The second-order valence-electron chi connectivity index (χ2n) is 6.89. The molecule has 0 aliphatic heterocycles. The first-order chi connectivity index (χ1) is 12.2. The molecule has 7 nitrogen and oxygen atoms in total. The molecule has 0 saturated heterocycles. The van der Waals surface area contributed by atoms with E-state index in [1.165, 1.54) is 19.3 Å². The van der Waals surface area contributed by atoms with Crippen LogP contribution in [0.3, 0.4) is 0 Å². The molecule has 132 valence electrons. The van der Waals surface area contributed by atoms with E-state index in [1.54, 1.807) is 6.33 Å². The largest absolute Gasteiger partial charge is 0.390 e. The lowest BCUT2D eigenvalue weighted by Crippen LogP contribution is -2.37. The number of nitrogens with zero attached hydrogens (tertiary/aromatic N) is 3. The second kappa shape index (κ2) is 6.84. The van der Waals surface area contributed by atoms with Crippen LogP contribution in [0.25, 0.3) is 0 Å². The summed E-state index contributed by atoms with van der Waals surface area (Å²) in [6.45, 7) is 0. The first-order valence-electron chi connectivity index (χ1n) is 8.95. The maximum atomic E-state index is 12.3. The summed E-state index contributed by atoms with van der Waals surface area (Å²) in [7, 11) is 0. The zero-order chi connectivity index (χ0) is 17.2. The van der Waals surface area contributed by atoms with Gasteiger partial charge in [-0.15, -0.1) is 5.10 Å². The topological polar surface area (TPSA) is 92.1 Å². The molecule has 2 aliphatic rings. The standard InChI is InChI=1S/C18H23N5O2/c24-15-10-12-6-4-5-9-14(12)16(15)20-18(25)21-17-19-11-23(22-17)13-7-2-1-3-8-13/h4-6,9,11,13,15-16,24H,1-3,7-8,10H2,(H2,20,21,22,25)/t15-,16-/m0/s1. The molecule has 4 rings (SSSR count). The van der Waals surface area contributed by atoms with Gasteiger partial charge in [-0.2, -0.15) is 0 Å². The molecule has 7 heteroatoms. The van der Waals surface area contributed by atoms with E-state index in [1.807, 2.05) is 28.9 Å². The quantitative estimate of drug-likeness (QED) is 0.800. The van der Waals surface area contributed by atoms with Crippen LogP contribution in [0.15, 0.2) is 30.6 Å². The fourth-order valence-corrected chi connectivity index (χ4v) is 3.88. The van der Waals surface area contributed by atoms with Gasteiger partial charge in [-0.25, -0.2) is 14.5 Å². The number of carbonyl (C=O) groups excluding carboxylic acids is 1. The fourth-order valence-electron chi connectivity index (χ4n) is 3.88. The van der Waals surface area contributed by atoms with Gasteiger partial charge >= 0.3 is 6.03 Å². The maximum absolute atomic E-state index is 12.3. The van der Waals surface area contributed by atoms with E-state index < -0.39 is 18.2 Å². The molecule has 3 N–H and O–H groups in total. The predicted octanol–water partition coefficient (Wildman–Crippen LogP) is 2.56. The van der Waals surface area contributed by atoms with Crippen LogP contribution in [0, 0.1) is 0 Å². The summed E-state index contributed by atoms with van der Waals surface area (Å²) < 4.78 is 1.86. The number of anilines is 1. The molecule has 1 fully saturated rings. The molecule has 1 aromatic heterocycles. The molecule has 2 atom stereocenters. The van der Waals surface area contributed by atoms with Crippen molar-refractivity contribution in [1.82, 2.24) is 20.1 Å². The Morgan fingerprint density at radius 3 is 2.84 bits per heavy atom. The lowest BCUT2D eigenvalue weighted by molar-refractivity contribution is 0.144. The summed E-state index contributed by atoms with van der Waals surface area (Å²) in [5.41, 5.74) is 2.03. The summed E-state index contributed by atoms with van der Waals surface area (Å²) >= 11 is 0. The number of benzene rings is 1. The zero-order valence-electron chi connectivity index (χ0n) is 14.1. The Morgan fingerprint density at radius 1 is 1.20 bits per heavy atom. The molecule has 2 amide bonds. The molecule has 25 heavy (non-hydrogen) atoms. The normalized spacial score (nSPS) is 23.2. The Hall–Kier alpha value is -2.41. The molecular formula is C18H23N5O2. The van der Waals surface area contributed by atoms with Crippen LogP contribution < -0.4 is 10.6 Å². The molecule has 0 bridgehead atoms. The fraction of sp³-hybridized carbons (Fsp3) is 0.500. The first-order valence-corrected chi connectivity index (χ1v) is 8.95. The van der Waals surface area contributed by atoms with Crippen LogP contribution >= 0.6 is 0 Å². The Bertz CT molecular complexity index is 753. The van der Waals surface area contributed by atoms with Gasteiger partial charge in [0.15, 0.2) is 0 Å². The van der Waals surface area contributed by atoms with Gasteiger partial charge in [0.05, 0.1) is 18.2 Å². The monoisotopic (exact) mass is 341 g/mol. The number of aliphatic hydroxyl groups is 1. The van der Waals surface area contributed by atoms with Crippen molar-refractivity contribution >= 4 is 12.0 Å². The van der Waals surface area contributed by atoms with Crippen molar-refractivity contribution < 1.29 is 9.90 Å². The number of urea groups is 1. The van der Waals surface area contributed by atoms with E-state index in [2.05, 4.69) is 20.7 Å². The summed E-state index contributed by atoms with van der Waals surface area (Å²) in [6.07, 6.45) is 7.56. The Labute approximate surface area is 146 Å². The van der Waals surface area contributed by atoms with Crippen molar-refractivity contribution in [2.24, 2.45) is 0 Å². The van der Waals surface area contributed by atoms with Gasteiger partial charge in [-0.1, -0.05) is 43.5 Å². The Kier molecular flexibility index (Phi) is 4.40. The van der Waals surface area contributed by atoms with Crippen LogP contribution in [0.1, 0.15) is 55.3 Å². The van der Waals surface area contributed by atoms with E-state index in [0.29, 0.717) is 18.4 Å². The van der Waals surface area contributed by atoms with Gasteiger partial charge in [0.2, 0.25) is 5.95 Å². The number of fused-ring (bicyclic) bond motifs is 1. The third kappa shape index (κ3) is 3.37. The second-order valence-corrected chi connectivity index (χ2v) is 6.89. The summed E-state index contributed by atoms with van der Waals surface area (Å²) in [5.74, 6) is 0.295. The highest BCUT2D eigenvalue weighted by Crippen LogP contribution is 2.31. The van der Waals surface area contributed by atoms with Crippen molar-refractivity contribution in [3.8, 4) is 0 Å². The minimum absolute atomic E-state index is 0.295. The van der Waals surface area contributed by atoms with Crippen LogP contribution in [-0.2, 0) is 6.42 Å². The third-order valence-electron chi connectivity index (χ3n) is 5.17. The average molecular weight is 341 g/mol. The van der Waals surface area contributed by atoms with E-state index in [9.17, 15) is 9.90 Å². The zero-order valence-corrected chi connectivity index (χ0v) is 14.1. The SMILES string of the molecule is O=C(Nc1ncn(C2CCCCC2)n1)N[C@H]1c2ccccc2C[C@@H]1O. The van der Waals surface area contributed by atoms with E-state index in [-0.39, 0.29) is 0 Å². The van der Waals surface area contributed by atoms with Crippen molar-refractivity contribution in [2.75, 3.05) is 5.32 Å². The highest BCUT2D eigenvalue weighted by molar-refractivity contribution is 5.87. The van der Waals surface area contributed by atoms with E-state index in [4.69, 9.17) is 0 Å². The molecule has 2 aromatic rings. The highest BCUT2D eigenvalue weighted by atomic mass is 16.3. The van der Waals surface area contributed by atoms with Gasteiger partial charge < -0.3 is 10.4 Å². The van der Waals surface area contributed by atoms with Crippen molar-refractivity contribution in [1.29, 1.82) is 0 Å². The van der Waals surface area contributed by atoms with E-state index in [0.717, 1.165) is 24.0 Å². The van der Waals surface area contributed by atoms with Crippen molar-refractivity contribution in [2.45, 2.75) is 56.7 Å². The smallest absolute Gasteiger partial charge is 0.322 e. The van der Waals surface area contributed by atoms with Crippen molar-refractivity contribution in [3.63, 3.8) is 0 Å². The molecule has 1 aromatic carbocycles. The molecule has 1 heterocycles.